The molecular weight excluding hydrogens is 347 g/mol. The van der Waals surface area contributed by atoms with Gasteiger partial charge in [0.1, 0.15) is 0 Å². The number of aromatic nitrogens is 2. The summed E-state index contributed by atoms with van der Waals surface area (Å²) in [6.07, 6.45) is 0. The van der Waals surface area contributed by atoms with E-state index in [1.807, 2.05) is 41.8 Å². The van der Waals surface area contributed by atoms with E-state index in [0.29, 0.717) is 19.8 Å². The quantitative estimate of drug-likeness (QED) is 0.536. The van der Waals surface area contributed by atoms with Crippen LogP contribution < -0.4 is 0 Å². The average molecular weight is 358 g/mol. The number of fused-ring (bicyclic) bond motifs is 1. The molecule has 0 aliphatic rings. The van der Waals surface area contributed by atoms with Gasteiger partial charge in [-0.3, -0.25) is 0 Å². The topological polar surface area (TPSA) is 20.7 Å². The van der Waals surface area contributed by atoms with Crippen molar-refractivity contribution in [2.75, 3.05) is 0 Å². The molecule has 0 aliphatic heterocycles. The summed E-state index contributed by atoms with van der Waals surface area (Å²) in [4.78, 5) is 3.17. The largest absolute Gasteiger partial charge is 0.331 e. The molecule has 1 aromatic heterocycles. The third-order valence-corrected chi connectivity index (χ3v) is 4.65. The van der Waals surface area contributed by atoms with Gasteiger partial charge in [-0.2, -0.15) is 0 Å². The molecule has 0 spiro atoms. The molecule has 0 radical (unpaired) electrons. The second kappa shape index (κ2) is 5.65. The van der Waals surface area contributed by atoms with Gasteiger partial charge in [0.05, 0.1) is 22.1 Å². The molecule has 0 saturated heterocycles. The minimum Gasteiger partial charge on any atom is -0.331 e. The van der Waals surface area contributed by atoms with E-state index < -0.39 is 0 Å². The number of para-hydroxylation sites is 1. The molecule has 21 heavy (non-hydrogen) atoms. The zero-order chi connectivity index (χ0) is 15.1. The Hall–Kier alpha value is -1.00. The Morgan fingerprint density at radius 3 is 2.57 bits per heavy atom. The third-order valence-electron chi connectivity index (χ3n) is 3.49. The number of rotatable bonds is 2. The maximum absolute atomic E-state index is 6.33. The number of H-pyrrole nitrogens is 1. The van der Waals surface area contributed by atoms with E-state index in [1.165, 1.54) is 0 Å². The van der Waals surface area contributed by atoms with Crippen LogP contribution >= 0.6 is 47.0 Å². The van der Waals surface area contributed by atoms with Gasteiger partial charge in [-0.25, -0.2) is 0 Å². The highest BCUT2D eigenvalue weighted by Gasteiger charge is 2.17. The maximum atomic E-state index is 6.33. The van der Waals surface area contributed by atoms with Gasteiger partial charge in [0.25, 0.3) is 0 Å². The van der Waals surface area contributed by atoms with Crippen molar-refractivity contribution in [1.82, 2.24) is 9.55 Å². The summed E-state index contributed by atoms with van der Waals surface area (Å²) < 4.78 is 2.58. The first-order chi connectivity index (χ1) is 9.99. The van der Waals surface area contributed by atoms with Crippen molar-refractivity contribution in [3.05, 3.63) is 61.8 Å². The number of hydrogen-bond donors (Lipinski definition) is 1. The number of halogens is 3. The highest BCUT2D eigenvalue weighted by molar-refractivity contribution is 7.71. The van der Waals surface area contributed by atoms with Crippen LogP contribution in [0.4, 0.5) is 0 Å². The lowest BCUT2D eigenvalue weighted by molar-refractivity contribution is 0.649. The van der Waals surface area contributed by atoms with Gasteiger partial charge in [-0.1, -0.05) is 46.9 Å². The summed E-state index contributed by atoms with van der Waals surface area (Å²) in [5, 5.41) is 1.87. The van der Waals surface area contributed by atoms with Gasteiger partial charge in [0.15, 0.2) is 4.77 Å². The van der Waals surface area contributed by atoms with Crippen molar-refractivity contribution in [2.45, 2.75) is 13.0 Å². The van der Waals surface area contributed by atoms with E-state index in [1.54, 1.807) is 6.07 Å². The first kappa shape index (κ1) is 14.9. The van der Waals surface area contributed by atoms with Crippen LogP contribution in [0.3, 0.4) is 0 Å². The minimum absolute atomic E-state index is 0.0593. The molecule has 0 amide bonds. The van der Waals surface area contributed by atoms with Crippen molar-refractivity contribution in [3.8, 4) is 0 Å². The molecule has 0 aliphatic carbocycles. The summed E-state index contributed by atoms with van der Waals surface area (Å²) in [5.41, 5.74) is 2.73. The van der Waals surface area contributed by atoms with Crippen molar-refractivity contribution < 1.29 is 0 Å². The van der Waals surface area contributed by atoms with Crippen LogP contribution in [0.5, 0.6) is 0 Å². The molecule has 6 heteroatoms. The van der Waals surface area contributed by atoms with Crippen molar-refractivity contribution >= 4 is 58.1 Å². The summed E-state index contributed by atoms with van der Waals surface area (Å²) in [6.45, 7) is 2.03. The van der Waals surface area contributed by atoms with Gasteiger partial charge in [0.2, 0.25) is 0 Å². The molecule has 1 unspecified atom stereocenters. The highest BCUT2D eigenvalue weighted by atomic mass is 35.5. The Bertz CT molecular complexity index is 882. The zero-order valence-electron chi connectivity index (χ0n) is 11.0. The lowest BCUT2D eigenvalue weighted by atomic mass is 10.1. The van der Waals surface area contributed by atoms with E-state index in [4.69, 9.17) is 47.0 Å². The molecule has 1 atom stereocenters. The predicted octanol–water partition coefficient (Wildman–Crippen LogP) is 6.27. The van der Waals surface area contributed by atoms with Crippen LogP contribution in [0.1, 0.15) is 18.5 Å². The third kappa shape index (κ3) is 2.59. The van der Waals surface area contributed by atoms with E-state index in [9.17, 15) is 0 Å². The summed E-state index contributed by atoms with van der Waals surface area (Å²) in [7, 11) is 0. The molecule has 108 valence electrons. The summed E-state index contributed by atoms with van der Waals surface area (Å²) in [5.74, 6) is 0. The predicted molar refractivity (Wildman–Crippen MR) is 92.4 cm³/mol. The molecule has 0 saturated carbocycles. The molecular formula is C15H11Cl3N2S. The van der Waals surface area contributed by atoms with Crippen molar-refractivity contribution in [2.24, 2.45) is 0 Å². The fraction of sp³-hybridized carbons (Fsp3) is 0.133. The molecule has 3 aromatic rings. The summed E-state index contributed by atoms with van der Waals surface area (Å²) >= 11 is 24.0. The zero-order valence-corrected chi connectivity index (χ0v) is 14.1. The van der Waals surface area contributed by atoms with Crippen LogP contribution in [0.15, 0.2) is 36.4 Å². The Balaban J connectivity index is 2.24. The molecule has 2 nitrogen and oxygen atoms in total. The Morgan fingerprint density at radius 2 is 1.86 bits per heavy atom. The Labute approximate surface area is 142 Å². The second-order valence-electron chi connectivity index (χ2n) is 4.78. The molecule has 2 aromatic carbocycles. The monoisotopic (exact) mass is 356 g/mol. The van der Waals surface area contributed by atoms with Crippen LogP contribution in [-0.2, 0) is 0 Å². The maximum Gasteiger partial charge on any atom is 0.178 e. The van der Waals surface area contributed by atoms with E-state index in [2.05, 4.69) is 4.98 Å². The normalized spacial score (nSPS) is 12.8. The van der Waals surface area contributed by atoms with Crippen LogP contribution in [0, 0.1) is 4.77 Å². The molecule has 0 bridgehead atoms. The van der Waals surface area contributed by atoms with Gasteiger partial charge in [-0.15, -0.1) is 0 Å². The standard InChI is InChI=1S/C15H11Cl3N2S/c1-8(10-6-5-9(16)7-12(10)18)20-14-11(17)3-2-4-13(14)19-15(20)21/h2-8H,1H3,(H,19,21). The number of nitrogens with zero attached hydrogens (tertiary/aromatic N) is 1. The van der Waals surface area contributed by atoms with Crippen LogP contribution in [-0.4, -0.2) is 9.55 Å². The van der Waals surface area contributed by atoms with Gasteiger partial charge < -0.3 is 9.55 Å². The second-order valence-corrected chi connectivity index (χ2v) is 6.42. The van der Waals surface area contributed by atoms with Gasteiger partial charge >= 0.3 is 0 Å². The average Bonchev–Trinajstić information content (AvgIpc) is 2.75. The fourth-order valence-electron chi connectivity index (χ4n) is 2.49. The minimum atomic E-state index is -0.0593. The number of imidazole rings is 1. The number of hydrogen-bond acceptors (Lipinski definition) is 1. The van der Waals surface area contributed by atoms with Crippen LogP contribution in [0.2, 0.25) is 15.1 Å². The molecule has 0 fully saturated rings. The van der Waals surface area contributed by atoms with E-state index >= 15 is 0 Å². The van der Waals surface area contributed by atoms with Crippen molar-refractivity contribution in [1.29, 1.82) is 0 Å². The van der Waals surface area contributed by atoms with Gasteiger partial charge in [0, 0.05) is 10.0 Å². The smallest absolute Gasteiger partial charge is 0.178 e. The highest BCUT2D eigenvalue weighted by Crippen LogP contribution is 2.33. The SMILES string of the molecule is CC(c1ccc(Cl)cc1Cl)n1c(=S)[nH]c2cccc(Cl)c21. The molecule has 1 N–H and O–H groups in total. The lowest BCUT2D eigenvalue weighted by Crippen LogP contribution is -2.07. The number of nitrogens with one attached hydrogen (secondary N) is 1. The lowest BCUT2D eigenvalue weighted by Gasteiger charge is -2.17. The van der Waals surface area contributed by atoms with E-state index in [0.717, 1.165) is 16.6 Å². The number of benzene rings is 2. The Kier molecular flexibility index (Phi) is 4.02. The number of aromatic amines is 1. The first-order valence-electron chi connectivity index (χ1n) is 6.32. The first-order valence-corrected chi connectivity index (χ1v) is 7.87. The van der Waals surface area contributed by atoms with Crippen molar-refractivity contribution in [3.63, 3.8) is 0 Å². The Morgan fingerprint density at radius 1 is 1.10 bits per heavy atom. The fourth-order valence-corrected chi connectivity index (χ4v) is 3.68. The van der Waals surface area contributed by atoms with Gasteiger partial charge in [-0.05, 0) is 49.0 Å². The molecule has 3 rings (SSSR count). The van der Waals surface area contributed by atoms with E-state index in [-0.39, 0.29) is 6.04 Å². The summed E-state index contributed by atoms with van der Waals surface area (Å²) in [6, 6.07) is 11.1. The van der Waals surface area contributed by atoms with Crippen LogP contribution in [0.25, 0.3) is 11.0 Å². The molecule has 1 heterocycles.